The number of rotatable bonds is 6. The highest BCUT2D eigenvalue weighted by atomic mass is 127. The number of nitrogens with two attached hydrogens (primary N) is 1. The molecule has 1 aromatic heterocycles. The highest BCUT2D eigenvalue weighted by molar-refractivity contribution is 14.0. The fourth-order valence-electron chi connectivity index (χ4n) is 1.39. The standard InChI is InChI=1S/C12H21N5.HI/c1-10(2)7-15-12(13)14-6-4-5-11-8-16-17(3)9-11;/h8-9H,1,4-7H2,2-3H3,(H3,13,14,15);1H. The van der Waals surface area contributed by atoms with E-state index in [-0.39, 0.29) is 24.0 Å². The third kappa shape index (κ3) is 7.31. The molecule has 0 unspecified atom stereocenters. The van der Waals surface area contributed by atoms with Gasteiger partial charge >= 0.3 is 0 Å². The van der Waals surface area contributed by atoms with Crippen LogP contribution in [0.4, 0.5) is 0 Å². The number of hydrogen-bond donors (Lipinski definition) is 2. The van der Waals surface area contributed by atoms with Gasteiger partial charge in [0.15, 0.2) is 5.96 Å². The quantitative estimate of drug-likeness (QED) is 0.264. The summed E-state index contributed by atoms with van der Waals surface area (Å²) < 4.78 is 1.81. The number of aromatic nitrogens is 2. The lowest BCUT2D eigenvalue weighted by atomic mass is 10.2. The molecule has 0 spiro atoms. The van der Waals surface area contributed by atoms with Crippen molar-refractivity contribution in [3.63, 3.8) is 0 Å². The highest BCUT2D eigenvalue weighted by Crippen LogP contribution is 1.99. The third-order valence-electron chi connectivity index (χ3n) is 2.23. The van der Waals surface area contributed by atoms with E-state index in [2.05, 4.69) is 22.0 Å². The zero-order chi connectivity index (χ0) is 12.7. The SMILES string of the molecule is C=C(C)CN=C(N)NCCCc1cnn(C)c1.I. The Morgan fingerprint density at radius 1 is 1.61 bits per heavy atom. The van der Waals surface area contributed by atoms with E-state index in [9.17, 15) is 0 Å². The molecule has 0 aliphatic carbocycles. The number of aryl methyl sites for hydroxylation is 2. The summed E-state index contributed by atoms with van der Waals surface area (Å²) in [6.45, 7) is 7.10. The Hall–Kier alpha value is -1.05. The molecule has 0 bridgehead atoms. The molecule has 0 aliphatic rings. The maximum atomic E-state index is 5.69. The van der Waals surface area contributed by atoms with Gasteiger partial charge < -0.3 is 11.1 Å². The lowest BCUT2D eigenvalue weighted by Crippen LogP contribution is -2.32. The summed E-state index contributed by atoms with van der Waals surface area (Å²) in [5.74, 6) is 0.485. The van der Waals surface area contributed by atoms with Crippen LogP contribution in [0.25, 0.3) is 0 Å². The van der Waals surface area contributed by atoms with Crippen molar-refractivity contribution in [1.29, 1.82) is 0 Å². The second-order valence-corrected chi connectivity index (χ2v) is 4.21. The van der Waals surface area contributed by atoms with Gasteiger partial charge in [0.05, 0.1) is 12.7 Å². The number of aliphatic imine (C=N–C) groups is 1. The van der Waals surface area contributed by atoms with Gasteiger partial charge in [-0.2, -0.15) is 5.10 Å². The summed E-state index contributed by atoms with van der Waals surface area (Å²) >= 11 is 0. The topological polar surface area (TPSA) is 68.2 Å². The first-order valence-corrected chi connectivity index (χ1v) is 5.73. The van der Waals surface area contributed by atoms with Crippen molar-refractivity contribution in [2.75, 3.05) is 13.1 Å². The summed E-state index contributed by atoms with van der Waals surface area (Å²) in [6.07, 6.45) is 5.92. The molecule has 0 radical (unpaired) electrons. The molecule has 5 nitrogen and oxygen atoms in total. The molecular formula is C12H22IN5. The molecule has 6 heteroatoms. The summed E-state index contributed by atoms with van der Waals surface area (Å²) in [5, 5.41) is 7.19. The van der Waals surface area contributed by atoms with Crippen LogP contribution in [0.15, 0.2) is 29.5 Å². The van der Waals surface area contributed by atoms with Crippen molar-refractivity contribution < 1.29 is 0 Å². The van der Waals surface area contributed by atoms with Crippen LogP contribution in [0.5, 0.6) is 0 Å². The molecule has 3 N–H and O–H groups in total. The first-order chi connectivity index (χ1) is 8.08. The average Bonchev–Trinajstić information content (AvgIpc) is 2.68. The number of guanidine groups is 1. The van der Waals surface area contributed by atoms with Gasteiger partial charge in [-0.3, -0.25) is 4.68 Å². The van der Waals surface area contributed by atoms with Gasteiger partial charge in [0.25, 0.3) is 0 Å². The van der Waals surface area contributed by atoms with E-state index >= 15 is 0 Å². The van der Waals surface area contributed by atoms with Crippen LogP contribution >= 0.6 is 24.0 Å². The minimum atomic E-state index is 0. The Labute approximate surface area is 126 Å². The molecule has 0 aliphatic heterocycles. The molecule has 0 fully saturated rings. The van der Waals surface area contributed by atoms with Crippen LogP contribution < -0.4 is 11.1 Å². The number of nitrogens with zero attached hydrogens (tertiary/aromatic N) is 3. The van der Waals surface area contributed by atoms with E-state index in [1.807, 2.05) is 31.0 Å². The molecule has 0 aromatic carbocycles. The van der Waals surface area contributed by atoms with Crippen molar-refractivity contribution in [2.24, 2.45) is 17.8 Å². The number of halogens is 1. The molecule has 0 saturated heterocycles. The largest absolute Gasteiger partial charge is 0.370 e. The third-order valence-corrected chi connectivity index (χ3v) is 2.23. The summed E-state index contributed by atoms with van der Waals surface area (Å²) in [6, 6.07) is 0. The zero-order valence-corrected chi connectivity index (χ0v) is 13.3. The molecule has 0 atom stereocenters. The Balaban J connectivity index is 0.00000289. The first kappa shape index (κ1) is 16.9. The normalized spacial score (nSPS) is 10.9. The second kappa shape index (κ2) is 8.96. The smallest absolute Gasteiger partial charge is 0.188 e. The predicted octanol–water partition coefficient (Wildman–Crippen LogP) is 1.45. The van der Waals surface area contributed by atoms with Crippen molar-refractivity contribution in [3.8, 4) is 0 Å². The van der Waals surface area contributed by atoms with Crippen LogP contribution in [-0.2, 0) is 13.5 Å². The van der Waals surface area contributed by atoms with Gasteiger partial charge in [-0.25, -0.2) is 4.99 Å². The maximum Gasteiger partial charge on any atom is 0.188 e. The molecule has 1 rings (SSSR count). The lowest BCUT2D eigenvalue weighted by molar-refractivity contribution is 0.756. The van der Waals surface area contributed by atoms with Gasteiger partial charge in [0.2, 0.25) is 0 Å². The predicted molar refractivity (Wildman–Crippen MR) is 86.3 cm³/mol. The van der Waals surface area contributed by atoms with Crippen LogP contribution in [0.3, 0.4) is 0 Å². The Bertz CT molecular complexity index is 397. The van der Waals surface area contributed by atoms with Gasteiger partial charge in [-0.1, -0.05) is 12.2 Å². The Morgan fingerprint density at radius 3 is 2.89 bits per heavy atom. The zero-order valence-electron chi connectivity index (χ0n) is 11.0. The number of hydrogen-bond acceptors (Lipinski definition) is 2. The summed E-state index contributed by atoms with van der Waals surface area (Å²) in [5.41, 5.74) is 7.93. The van der Waals surface area contributed by atoms with Crippen molar-refractivity contribution in [3.05, 3.63) is 30.1 Å². The van der Waals surface area contributed by atoms with Gasteiger partial charge in [0, 0.05) is 19.8 Å². The van der Waals surface area contributed by atoms with E-state index < -0.39 is 0 Å². The molecule has 1 aromatic rings. The van der Waals surface area contributed by atoms with E-state index in [0.29, 0.717) is 12.5 Å². The van der Waals surface area contributed by atoms with Crippen LogP contribution in [0.2, 0.25) is 0 Å². The fraction of sp³-hybridized carbons (Fsp3) is 0.500. The van der Waals surface area contributed by atoms with Crippen LogP contribution in [0.1, 0.15) is 18.9 Å². The minimum absolute atomic E-state index is 0. The van der Waals surface area contributed by atoms with E-state index in [0.717, 1.165) is 25.0 Å². The first-order valence-electron chi connectivity index (χ1n) is 5.73. The molecule has 102 valence electrons. The lowest BCUT2D eigenvalue weighted by Gasteiger charge is -2.04. The van der Waals surface area contributed by atoms with Crippen LogP contribution in [-0.4, -0.2) is 28.8 Å². The monoisotopic (exact) mass is 363 g/mol. The maximum absolute atomic E-state index is 5.69. The van der Waals surface area contributed by atoms with Crippen molar-refractivity contribution >= 4 is 29.9 Å². The van der Waals surface area contributed by atoms with E-state index in [1.165, 1.54) is 5.56 Å². The van der Waals surface area contributed by atoms with Gasteiger partial charge in [-0.15, -0.1) is 24.0 Å². The van der Waals surface area contributed by atoms with Gasteiger partial charge in [0.1, 0.15) is 0 Å². The average molecular weight is 363 g/mol. The summed E-state index contributed by atoms with van der Waals surface area (Å²) in [4.78, 5) is 4.14. The minimum Gasteiger partial charge on any atom is -0.370 e. The fourth-order valence-corrected chi connectivity index (χ4v) is 1.39. The molecular weight excluding hydrogens is 341 g/mol. The van der Waals surface area contributed by atoms with E-state index in [1.54, 1.807) is 0 Å². The molecule has 1 heterocycles. The molecule has 18 heavy (non-hydrogen) atoms. The highest BCUT2D eigenvalue weighted by Gasteiger charge is 1.96. The molecule has 0 amide bonds. The van der Waals surface area contributed by atoms with Gasteiger partial charge in [-0.05, 0) is 25.3 Å². The molecule has 0 saturated carbocycles. The van der Waals surface area contributed by atoms with E-state index in [4.69, 9.17) is 5.73 Å². The van der Waals surface area contributed by atoms with Crippen LogP contribution in [0, 0.1) is 0 Å². The summed E-state index contributed by atoms with van der Waals surface area (Å²) in [7, 11) is 1.92. The Kier molecular flexibility index (Phi) is 8.43. The van der Waals surface area contributed by atoms with Crippen molar-refractivity contribution in [1.82, 2.24) is 15.1 Å². The van der Waals surface area contributed by atoms with Crippen molar-refractivity contribution in [2.45, 2.75) is 19.8 Å². The number of nitrogens with one attached hydrogen (secondary N) is 1. The Morgan fingerprint density at radius 2 is 2.33 bits per heavy atom. The second-order valence-electron chi connectivity index (χ2n) is 4.21.